The van der Waals surface area contributed by atoms with Crippen LogP contribution in [0.25, 0.3) is 10.9 Å². The molecule has 0 atom stereocenters. The van der Waals surface area contributed by atoms with E-state index in [0.717, 1.165) is 41.7 Å². The van der Waals surface area contributed by atoms with Crippen LogP contribution in [0.5, 0.6) is 0 Å². The summed E-state index contributed by atoms with van der Waals surface area (Å²) in [6.45, 7) is 3.26. The molecule has 3 aromatic rings. The van der Waals surface area contributed by atoms with E-state index in [1.807, 2.05) is 37.3 Å². The predicted octanol–water partition coefficient (Wildman–Crippen LogP) is 4.46. The molecule has 0 amide bonds. The lowest BCUT2D eigenvalue weighted by atomic mass is 10.2. The Kier molecular flexibility index (Phi) is 4.85. The van der Waals surface area contributed by atoms with Gasteiger partial charge in [0.2, 0.25) is 10.0 Å². The number of hydrogen-bond donors (Lipinski definition) is 1. The number of piperidine rings is 1. The summed E-state index contributed by atoms with van der Waals surface area (Å²) in [6.07, 6.45) is 2.97. The largest absolute Gasteiger partial charge is 0.340 e. The van der Waals surface area contributed by atoms with Crippen molar-refractivity contribution >= 4 is 32.4 Å². The van der Waals surface area contributed by atoms with Crippen LogP contribution in [0.15, 0.2) is 59.5 Å². The van der Waals surface area contributed by atoms with E-state index in [1.165, 1.54) is 5.56 Å². The molecule has 0 spiro atoms. The van der Waals surface area contributed by atoms with Crippen molar-refractivity contribution in [1.29, 1.82) is 0 Å². The summed E-state index contributed by atoms with van der Waals surface area (Å²) in [5.41, 5.74) is 2.92. The van der Waals surface area contributed by atoms with Crippen LogP contribution in [0.1, 0.15) is 24.8 Å². The highest BCUT2D eigenvalue weighted by atomic mass is 32.2. The Labute approximate surface area is 160 Å². The van der Waals surface area contributed by atoms with Crippen LogP contribution in [-0.2, 0) is 10.0 Å². The van der Waals surface area contributed by atoms with Gasteiger partial charge >= 0.3 is 0 Å². The standard InChI is InChI=1S/C21H23N3O2S/c1-16-6-5-7-18(14-16)22-21-11-8-17-15-19(9-10-20(17)23-21)27(25,26)24-12-3-2-4-13-24/h5-11,14-15H,2-4,12-13H2,1H3,(H,22,23). The second-order valence-electron chi connectivity index (χ2n) is 7.01. The quantitative estimate of drug-likeness (QED) is 0.725. The van der Waals surface area contributed by atoms with Gasteiger partial charge in [-0.3, -0.25) is 0 Å². The Bertz CT molecular complexity index is 1070. The second-order valence-corrected chi connectivity index (χ2v) is 8.95. The maximum Gasteiger partial charge on any atom is 0.243 e. The fourth-order valence-corrected chi connectivity index (χ4v) is 5.01. The van der Waals surface area contributed by atoms with Crippen molar-refractivity contribution in [2.75, 3.05) is 18.4 Å². The maximum absolute atomic E-state index is 12.9. The Hall–Kier alpha value is -2.44. The molecule has 1 saturated heterocycles. The molecule has 0 saturated carbocycles. The lowest BCUT2D eigenvalue weighted by molar-refractivity contribution is 0.346. The zero-order valence-electron chi connectivity index (χ0n) is 15.4. The second kappa shape index (κ2) is 7.29. The molecule has 2 aromatic carbocycles. The molecular formula is C21H23N3O2S. The Morgan fingerprint density at radius 2 is 1.78 bits per heavy atom. The van der Waals surface area contributed by atoms with Gasteiger partial charge in [0.05, 0.1) is 10.4 Å². The Morgan fingerprint density at radius 1 is 0.963 bits per heavy atom. The average Bonchev–Trinajstić information content (AvgIpc) is 2.68. The van der Waals surface area contributed by atoms with E-state index in [1.54, 1.807) is 22.5 Å². The van der Waals surface area contributed by atoms with Gasteiger partial charge in [0, 0.05) is 24.2 Å². The fraction of sp³-hybridized carbons (Fsp3) is 0.286. The van der Waals surface area contributed by atoms with Gasteiger partial charge in [0.1, 0.15) is 5.82 Å². The van der Waals surface area contributed by atoms with Gasteiger partial charge in [-0.25, -0.2) is 13.4 Å². The molecule has 1 fully saturated rings. The number of benzene rings is 2. The first-order valence-corrected chi connectivity index (χ1v) is 10.7. The number of fused-ring (bicyclic) bond motifs is 1. The lowest BCUT2D eigenvalue weighted by Gasteiger charge is -2.25. The van der Waals surface area contributed by atoms with E-state index < -0.39 is 10.0 Å². The van der Waals surface area contributed by atoms with Crippen LogP contribution in [-0.4, -0.2) is 30.8 Å². The molecule has 0 radical (unpaired) electrons. The van der Waals surface area contributed by atoms with Gasteiger partial charge in [0.25, 0.3) is 0 Å². The van der Waals surface area contributed by atoms with Crippen molar-refractivity contribution in [3.8, 4) is 0 Å². The van der Waals surface area contributed by atoms with Crippen LogP contribution < -0.4 is 5.32 Å². The van der Waals surface area contributed by atoms with Crippen molar-refractivity contribution in [3.05, 3.63) is 60.2 Å². The number of hydrogen-bond acceptors (Lipinski definition) is 4. The first-order valence-electron chi connectivity index (χ1n) is 9.27. The summed E-state index contributed by atoms with van der Waals surface area (Å²) < 4.78 is 27.3. The summed E-state index contributed by atoms with van der Waals surface area (Å²) >= 11 is 0. The van der Waals surface area contributed by atoms with Gasteiger partial charge < -0.3 is 5.32 Å². The van der Waals surface area contributed by atoms with Gasteiger partial charge in [-0.2, -0.15) is 4.31 Å². The molecule has 5 nitrogen and oxygen atoms in total. The average molecular weight is 382 g/mol. The molecule has 0 bridgehead atoms. The first-order chi connectivity index (χ1) is 13.0. The molecule has 0 aliphatic carbocycles. The minimum atomic E-state index is -3.43. The smallest absolute Gasteiger partial charge is 0.243 e. The highest BCUT2D eigenvalue weighted by Crippen LogP contribution is 2.25. The number of aryl methyl sites for hydroxylation is 1. The molecular weight excluding hydrogens is 358 g/mol. The normalized spacial score (nSPS) is 15.7. The third-order valence-electron chi connectivity index (χ3n) is 4.90. The molecule has 2 heterocycles. The van der Waals surface area contributed by atoms with Gasteiger partial charge in [-0.1, -0.05) is 18.6 Å². The van der Waals surface area contributed by atoms with Crippen LogP contribution in [0.4, 0.5) is 11.5 Å². The molecule has 0 unspecified atom stereocenters. The Morgan fingerprint density at radius 3 is 2.56 bits per heavy atom. The molecule has 1 aromatic heterocycles. The van der Waals surface area contributed by atoms with Crippen molar-refractivity contribution in [2.45, 2.75) is 31.1 Å². The molecule has 140 valence electrons. The topological polar surface area (TPSA) is 62.3 Å². The van der Waals surface area contributed by atoms with E-state index in [0.29, 0.717) is 18.0 Å². The molecule has 1 aliphatic heterocycles. The van der Waals surface area contributed by atoms with E-state index >= 15 is 0 Å². The number of sulfonamides is 1. The van der Waals surface area contributed by atoms with Crippen molar-refractivity contribution in [3.63, 3.8) is 0 Å². The number of nitrogens with zero attached hydrogens (tertiary/aromatic N) is 2. The zero-order valence-corrected chi connectivity index (χ0v) is 16.2. The van der Waals surface area contributed by atoms with Gasteiger partial charge in [-0.05, 0) is 67.8 Å². The van der Waals surface area contributed by atoms with E-state index in [2.05, 4.69) is 16.4 Å². The molecule has 1 N–H and O–H groups in total. The first kappa shape index (κ1) is 17.9. The predicted molar refractivity (Wildman–Crippen MR) is 109 cm³/mol. The minimum absolute atomic E-state index is 0.345. The van der Waals surface area contributed by atoms with Gasteiger partial charge in [0.15, 0.2) is 0 Å². The molecule has 6 heteroatoms. The van der Waals surface area contributed by atoms with Crippen LogP contribution in [0, 0.1) is 6.92 Å². The number of nitrogens with one attached hydrogen (secondary N) is 1. The molecule has 27 heavy (non-hydrogen) atoms. The van der Waals surface area contributed by atoms with E-state index in [9.17, 15) is 8.42 Å². The maximum atomic E-state index is 12.9. The van der Waals surface area contributed by atoms with Crippen molar-refractivity contribution < 1.29 is 8.42 Å². The lowest BCUT2D eigenvalue weighted by Crippen LogP contribution is -2.35. The monoisotopic (exact) mass is 381 g/mol. The van der Waals surface area contributed by atoms with Crippen LogP contribution in [0.3, 0.4) is 0 Å². The van der Waals surface area contributed by atoms with Crippen molar-refractivity contribution in [1.82, 2.24) is 9.29 Å². The SMILES string of the molecule is Cc1cccc(Nc2ccc3cc(S(=O)(=O)N4CCCCC4)ccc3n2)c1. The number of rotatable bonds is 4. The minimum Gasteiger partial charge on any atom is -0.340 e. The third-order valence-corrected chi connectivity index (χ3v) is 6.80. The number of anilines is 2. The third kappa shape index (κ3) is 3.82. The Balaban J connectivity index is 1.62. The summed E-state index contributed by atoms with van der Waals surface area (Å²) in [6, 6.07) is 17.1. The fourth-order valence-electron chi connectivity index (χ4n) is 3.46. The van der Waals surface area contributed by atoms with E-state index in [4.69, 9.17) is 0 Å². The van der Waals surface area contributed by atoms with Gasteiger partial charge in [-0.15, -0.1) is 0 Å². The van der Waals surface area contributed by atoms with Crippen LogP contribution >= 0.6 is 0 Å². The molecule has 4 rings (SSSR count). The number of aromatic nitrogens is 1. The van der Waals surface area contributed by atoms with Crippen molar-refractivity contribution in [2.24, 2.45) is 0 Å². The summed E-state index contributed by atoms with van der Waals surface area (Å²) in [5, 5.41) is 4.12. The van der Waals surface area contributed by atoms with Crippen LogP contribution in [0.2, 0.25) is 0 Å². The number of pyridine rings is 1. The highest BCUT2D eigenvalue weighted by molar-refractivity contribution is 7.89. The summed E-state index contributed by atoms with van der Waals surface area (Å²) in [7, 11) is -3.43. The highest BCUT2D eigenvalue weighted by Gasteiger charge is 2.26. The molecule has 1 aliphatic rings. The summed E-state index contributed by atoms with van der Waals surface area (Å²) in [4.78, 5) is 4.96. The summed E-state index contributed by atoms with van der Waals surface area (Å²) in [5.74, 6) is 0.736. The zero-order chi connectivity index (χ0) is 18.9. The van der Waals surface area contributed by atoms with E-state index in [-0.39, 0.29) is 0 Å².